The monoisotopic (exact) mass is 304 g/mol. The summed E-state index contributed by atoms with van der Waals surface area (Å²) in [4.78, 5) is 24.7. The third-order valence-electron chi connectivity index (χ3n) is 3.19. The number of ketones is 2. The SMILES string of the molecule is O=C1c2ccccc2C(=O)c2c1ccc(OS(=O)O)c2O. The Morgan fingerprint density at radius 2 is 1.52 bits per heavy atom. The molecular formula is C14H8O6S. The zero-order chi connectivity index (χ0) is 15.1. The Hall–Kier alpha value is -2.51. The molecule has 0 spiro atoms. The second kappa shape index (κ2) is 4.80. The lowest BCUT2D eigenvalue weighted by Crippen LogP contribution is -2.21. The van der Waals surface area contributed by atoms with Gasteiger partial charge in [-0.25, -0.2) is 0 Å². The average Bonchev–Trinajstić information content (AvgIpc) is 2.46. The fourth-order valence-electron chi connectivity index (χ4n) is 2.29. The summed E-state index contributed by atoms with van der Waals surface area (Å²) >= 11 is -2.65. The van der Waals surface area contributed by atoms with Crippen LogP contribution in [0.25, 0.3) is 0 Å². The molecule has 21 heavy (non-hydrogen) atoms. The number of hydrogen-bond acceptors (Lipinski definition) is 5. The summed E-state index contributed by atoms with van der Waals surface area (Å²) in [7, 11) is 0. The largest absolute Gasteiger partial charge is 0.504 e. The molecule has 2 aromatic carbocycles. The third kappa shape index (κ3) is 2.03. The van der Waals surface area contributed by atoms with Crippen LogP contribution in [-0.2, 0) is 11.4 Å². The molecule has 1 atom stereocenters. The number of phenols is 1. The minimum atomic E-state index is -2.65. The quantitative estimate of drug-likeness (QED) is 0.699. The van der Waals surface area contributed by atoms with Crippen LogP contribution in [0.2, 0.25) is 0 Å². The molecule has 0 amide bonds. The molecule has 2 aromatic rings. The summed E-state index contributed by atoms with van der Waals surface area (Å²) in [6, 6.07) is 8.71. The van der Waals surface area contributed by atoms with Gasteiger partial charge in [0, 0.05) is 16.7 Å². The molecule has 0 fully saturated rings. The van der Waals surface area contributed by atoms with Crippen LogP contribution in [0.15, 0.2) is 36.4 Å². The van der Waals surface area contributed by atoms with E-state index in [4.69, 9.17) is 4.55 Å². The number of aromatic hydroxyl groups is 1. The van der Waals surface area contributed by atoms with Crippen LogP contribution in [0, 0.1) is 0 Å². The number of hydrogen-bond donors (Lipinski definition) is 2. The van der Waals surface area contributed by atoms with Crippen molar-refractivity contribution < 1.29 is 27.6 Å². The maximum Gasteiger partial charge on any atom is 0.357 e. The summed E-state index contributed by atoms with van der Waals surface area (Å²) < 4.78 is 23.9. The Labute approximate surface area is 121 Å². The topological polar surface area (TPSA) is 101 Å². The van der Waals surface area contributed by atoms with Crippen molar-refractivity contribution in [3.63, 3.8) is 0 Å². The van der Waals surface area contributed by atoms with Gasteiger partial charge in [0.25, 0.3) is 0 Å². The molecule has 7 heteroatoms. The van der Waals surface area contributed by atoms with E-state index >= 15 is 0 Å². The van der Waals surface area contributed by atoms with E-state index in [2.05, 4.69) is 4.18 Å². The van der Waals surface area contributed by atoms with E-state index in [0.29, 0.717) is 0 Å². The van der Waals surface area contributed by atoms with E-state index in [1.165, 1.54) is 24.3 Å². The van der Waals surface area contributed by atoms with E-state index in [0.717, 1.165) is 0 Å². The Morgan fingerprint density at radius 3 is 2.14 bits per heavy atom. The molecule has 0 aliphatic heterocycles. The molecule has 0 radical (unpaired) electrons. The summed E-state index contributed by atoms with van der Waals surface area (Å²) in [5.74, 6) is -1.89. The van der Waals surface area contributed by atoms with Gasteiger partial charge in [0.2, 0.25) is 0 Å². The first-order valence-electron chi connectivity index (χ1n) is 5.84. The van der Waals surface area contributed by atoms with Crippen LogP contribution in [-0.4, -0.2) is 25.4 Å². The van der Waals surface area contributed by atoms with E-state index in [1.54, 1.807) is 12.1 Å². The van der Waals surface area contributed by atoms with Gasteiger partial charge in [-0.15, -0.1) is 0 Å². The fraction of sp³-hybridized carbons (Fsp3) is 0. The van der Waals surface area contributed by atoms with Crippen molar-refractivity contribution in [2.24, 2.45) is 0 Å². The van der Waals surface area contributed by atoms with Crippen LogP contribution in [0.1, 0.15) is 31.8 Å². The lowest BCUT2D eigenvalue weighted by atomic mass is 9.83. The zero-order valence-corrected chi connectivity index (χ0v) is 11.2. The molecule has 1 aliphatic carbocycles. The highest BCUT2D eigenvalue weighted by molar-refractivity contribution is 7.74. The highest BCUT2D eigenvalue weighted by atomic mass is 32.2. The standard InChI is InChI=1S/C14H8O6S/c15-12-7-3-1-2-4-8(7)13(16)11-9(12)5-6-10(14(11)17)20-21(18)19/h1-6,17H,(H,18,19). The van der Waals surface area contributed by atoms with E-state index < -0.39 is 28.7 Å². The smallest absolute Gasteiger partial charge is 0.357 e. The summed E-state index contributed by atoms with van der Waals surface area (Å²) in [6.45, 7) is 0. The highest BCUT2D eigenvalue weighted by Gasteiger charge is 2.33. The van der Waals surface area contributed by atoms with Crippen molar-refractivity contribution in [3.8, 4) is 11.5 Å². The second-order valence-electron chi connectivity index (χ2n) is 4.34. The third-order valence-corrected chi connectivity index (χ3v) is 3.51. The molecule has 1 aliphatic rings. The minimum absolute atomic E-state index is 0.0345. The number of phenolic OH excluding ortho intramolecular Hbond substituents is 1. The predicted octanol–water partition coefficient (Wildman–Crippen LogP) is 1.68. The van der Waals surface area contributed by atoms with Crippen LogP contribution in [0.5, 0.6) is 11.5 Å². The molecule has 0 saturated heterocycles. The van der Waals surface area contributed by atoms with Crippen molar-refractivity contribution >= 4 is 22.9 Å². The Bertz CT molecular complexity index is 811. The first kappa shape index (κ1) is 13.5. The second-order valence-corrected chi connectivity index (χ2v) is 4.94. The minimum Gasteiger partial charge on any atom is -0.504 e. The summed E-state index contributed by atoms with van der Waals surface area (Å²) in [6.07, 6.45) is 0. The van der Waals surface area contributed by atoms with Gasteiger partial charge < -0.3 is 9.29 Å². The van der Waals surface area contributed by atoms with E-state index in [1.807, 2.05) is 0 Å². The molecule has 2 N–H and O–H groups in total. The van der Waals surface area contributed by atoms with Crippen molar-refractivity contribution in [3.05, 3.63) is 58.7 Å². The normalized spacial score (nSPS) is 14.3. The number of rotatable bonds is 2. The molecule has 3 rings (SSSR count). The molecule has 0 aromatic heterocycles. The first-order valence-corrected chi connectivity index (χ1v) is 6.87. The van der Waals surface area contributed by atoms with Gasteiger partial charge in [-0.2, -0.15) is 4.21 Å². The van der Waals surface area contributed by atoms with Crippen LogP contribution >= 0.6 is 0 Å². The van der Waals surface area contributed by atoms with Gasteiger partial charge in [0.05, 0.1) is 5.56 Å². The molecule has 0 saturated carbocycles. The van der Waals surface area contributed by atoms with Gasteiger partial charge in [0.1, 0.15) is 0 Å². The van der Waals surface area contributed by atoms with Gasteiger partial charge in [-0.1, -0.05) is 24.3 Å². The molecule has 0 heterocycles. The first-order chi connectivity index (χ1) is 10.0. The molecule has 106 valence electrons. The summed E-state index contributed by atoms with van der Waals surface area (Å²) in [5.41, 5.74) is 0.246. The Morgan fingerprint density at radius 1 is 0.905 bits per heavy atom. The van der Waals surface area contributed by atoms with E-state index in [-0.39, 0.29) is 28.0 Å². The highest BCUT2D eigenvalue weighted by Crippen LogP contribution is 2.38. The zero-order valence-electron chi connectivity index (χ0n) is 10.4. The van der Waals surface area contributed by atoms with Gasteiger partial charge in [-0.05, 0) is 12.1 Å². The maximum atomic E-state index is 12.4. The molecule has 6 nitrogen and oxygen atoms in total. The predicted molar refractivity (Wildman–Crippen MR) is 72.8 cm³/mol. The number of carbonyl (C=O) groups excluding carboxylic acids is 2. The Kier molecular flexibility index (Phi) is 3.08. The van der Waals surface area contributed by atoms with Gasteiger partial charge in [0.15, 0.2) is 23.1 Å². The van der Waals surface area contributed by atoms with Crippen LogP contribution < -0.4 is 4.18 Å². The van der Waals surface area contributed by atoms with Crippen LogP contribution in [0.4, 0.5) is 0 Å². The molecule has 1 unspecified atom stereocenters. The average molecular weight is 304 g/mol. The number of benzene rings is 2. The van der Waals surface area contributed by atoms with Crippen molar-refractivity contribution in [2.45, 2.75) is 0 Å². The van der Waals surface area contributed by atoms with Crippen LogP contribution in [0.3, 0.4) is 0 Å². The van der Waals surface area contributed by atoms with E-state index in [9.17, 15) is 18.9 Å². The van der Waals surface area contributed by atoms with Gasteiger partial charge >= 0.3 is 11.4 Å². The van der Waals surface area contributed by atoms with Gasteiger partial charge in [-0.3, -0.25) is 14.1 Å². The molecular weight excluding hydrogens is 296 g/mol. The van der Waals surface area contributed by atoms with Crippen molar-refractivity contribution in [2.75, 3.05) is 0 Å². The maximum absolute atomic E-state index is 12.4. The number of carbonyl (C=O) groups is 2. The van der Waals surface area contributed by atoms with Crippen molar-refractivity contribution in [1.82, 2.24) is 0 Å². The fourth-order valence-corrected chi connectivity index (χ4v) is 2.58. The lowest BCUT2D eigenvalue weighted by molar-refractivity contribution is 0.0976. The lowest BCUT2D eigenvalue weighted by Gasteiger charge is -2.19. The number of fused-ring (bicyclic) bond motifs is 2. The Balaban J connectivity index is 2.24. The molecule has 0 bridgehead atoms. The summed E-state index contributed by atoms with van der Waals surface area (Å²) in [5, 5.41) is 10.1. The van der Waals surface area contributed by atoms with Crippen molar-refractivity contribution in [1.29, 1.82) is 0 Å².